The van der Waals surface area contributed by atoms with Gasteiger partial charge >= 0.3 is 6.18 Å². The Hall–Kier alpha value is -2.74. The van der Waals surface area contributed by atoms with Crippen LogP contribution in [0.2, 0.25) is 0 Å². The molecule has 0 aliphatic rings. The summed E-state index contributed by atoms with van der Waals surface area (Å²) in [4.78, 5) is 12.4. The maximum Gasteiger partial charge on any atom is 0.416 e. The molecule has 0 saturated heterocycles. The van der Waals surface area contributed by atoms with E-state index in [0.29, 0.717) is 11.5 Å². The van der Waals surface area contributed by atoms with Crippen LogP contribution in [0.15, 0.2) is 42.5 Å². The van der Waals surface area contributed by atoms with Crippen molar-refractivity contribution in [2.45, 2.75) is 32.1 Å². The first-order valence-electron chi connectivity index (χ1n) is 8.61. The van der Waals surface area contributed by atoms with Crippen LogP contribution in [-0.4, -0.2) is 26.2 Å². The predicted molar refractivity (Wildman–Crippen MR) is 101 cm³/mol. The minimum atomic E-state index is -4.47. The van der Waals surface area contributed by atoms with E-state index in [1.165, 1.54) is 12.1 Å². The van der Waals surface area contributed by atoms with Crippen molar-refractivity contribution in [3.8, 4) is 11.5 Å². The number of nitrogens with one attached hydrogen (secondary N) is 2. The van der Waals surface area contributed by atoms with Crippen molar-refractivity contribution in [3.05, 3.63) is 53.6 Å². The number of carbonyl (C=O) groups excluding carboxylic acids is 1. The Morgan fingerprint density at radius 3 is 2.36 bits per heavy atom. The van der Waals surface area contributed by atoms with E-state index in [2.05, 4.69) is 10.6 Å². The van der Waals surface area contributed by atoms with Crippen LogP contribution in [0.5, 0.6) is 11.5 Å². The largest absolute Gasteiger partial charge is 0.497 e. The maximum absolute atomic E-state index is 12.8. The Morgan fingerprint density at radius 2 is 1.75 bits per heavy atom. The minimum absolute atomic E-state index is 0.0834. The first-order valence-corrected chi connectivity index (χ1v) is 8.61. The quantitative estimate of drug-likeness (QED) is 0.728. The van der Waals surface area contributed by atoms with Gasteiger partial charge in [0.2, 0.25) is 5.91 Å². The summed E-state index contributed by atoms with van der Waals surface area (Å²) < 4.78 is 49.0. The molecule has 0 heterocycles. The molecule has 0 aliphatic heterocycles. The van der Waals surface area contributed by atoms with Crippen molar-refractivity contribution in [3.63, 3.8) is 0 Å². The highest BCUT2D eigenvalue weighted by molar-refractivity contribution is 5.94. The van der Waals surface area contributed by atoms with Crippen molar-refractivity contribution in [2.75, 3.05) is 19.5 Å². The van der Waals surface area contributed by atoms with E-state index in [1.54, 1.807) is 39.3 Å². The second kappa shape index (κ2) is 8.97. The van der Waals surface area contributed by atoms with Gasteiger partial charge in [-0.2, -0.15) is 13.2 Å². The second-order valence-corrected chi connectivity index (χ2v) is 6.29. The van der Waals surface area contributed by atoms with Crippen LogP contribution in [0.1, 0.15) is 31.0 Å². The number of ether oxygens (including phenoxy) is 2. The van der Waals surface area contributed by atoms with Gasteiger partial charge in [0.05, 0.1) is 25.8 Å². The van der Waals surface area contributed by atoms with Crippen LogP contribution in [-0.2, 0) is 11.0 Å². The molecular formula is C20H23F3N2O3. The third-order valence-corrected chi connectivity index (χ3v) is 4.25. The van der Waals surface area contributed by atoms with Crippen molar-refractivity contribution in [1.82, 2.24) is 5.32 Å². The number of halogens is 3. The zero-order chi connectivity index (χ0) is 20.9. The third kappa shape index (κ3) is 5.39. The summed E-state index contributed by atoms with van der Waals surface area (Å²) in [5.41, 5.74) is 0.0565. The number of rotatable bonds is 7. The van der Waals surface area contributed by atoms with E-state index in [1.807, 2.05) is 6.92 Å². The van der Waals surface area contributed by atoms with E-state index in [-0.39, 0.29) is 11.7 Å². The van der Waals surface area contributed by atoms with Crippen LogP contribution in [0.25, 0.3) is 0 Å². The molecule has 2 N–H and O–H groups in total. The molecule has 2 unspecified atom stereocenters. The van der Waals surface area contributed by atoms with E-state index in [9.17, 15) is 18.0 Å². The van der Waals surface area contributed by atoms with Gasteiger partial charge in [-0.15, -0.1) is 0 Å². The average molecular weight is 396 g/mol. The van der Waals surface area contributed by atoms with Crippen molar-refractivity contribution >= 4 is 11.6 Å². The van der Waals surface area contributed by atoms with Gasteiger partial charge in [-0.25, -0.2) is 0 Å². The Kier molecular flexibility index (Phi) is 6.90. The summed E-state index contributed by atoms with van der Waals surface area (Å²) in [5, 5.41) is 5.62. The van der Waals surface area contributed by atoms with Crippen molar-refractivity contribution < 1.29 is 27.4 Å². The van der Waals surface area contributed by atoms with Crippen molar-refractivity contribution in [2.24, 2.45) is 0 Å². The highest BCUT2D eigenvalue weighted by atomic mass is 19.4. The van der Waals surface area contributed by atoms with E-state index in [4.69, 9.17) is 9.47 Å². The zero-order valence-electron chi connectivity index (χ0n) is 16.1. The van der Waals surface area contributed by atoms with Crippen LogP contribution in [0.4, 0.5) is 18.9 Å². The molecule has 1 amide bonds. The smallest absolute Gasteiger partial charge is 0.416 e. The first-order chi connectivity index (χ1) is 13.2. The number of alkyl halides is 3. The van der Waals surface area contributed by atoms with Gasteiger partial charge in [0.15, 0.2) is 0 Å². The minimum Gasteiger partial charge on any atom is -0.497 e. The standard InChI is InChI=1S/C20H23F3N2O3/c1-12(17-11-16(27-3)8-9-18(17)28-4)24-13(2)19(26)25-15-7-5-6-14(10-15)20(21,22)23/h5-13,24H,1-4H3,(H,25,26). The van der Waals surface area contributed by atoms with Gasteiger partial charge in [0, 0.05) is 17.3 Å². The molecule has 152 valence electrons. The van der Waals surface area contributed by atoms with Gasteiger partial charge in [0.1, 0.15) is 11.5 Å². The predicted octanol–water partition coefficient (Wildman–Crippen LogP) is 4.40. The Morgan fingerprint density at radius 1 is 1.04 bits per heavy atom. The highest BCUT2D eigenvalue weighted by Crippen LogP contribution is 2.31. The number of amides is 1. The molecule has 0 bridgehead atoms. The molecule has 0 saturated carbocycles. The number of methoxy groups -OCH3 is 2. The fraction of sp³-hybridized carbons (Fsp3) is 0.350. The summed E-state index contributed by atoms with van der Waals surface area (Å²) in [6.45, 7) is 3.48. The van der Waals surface area contributed by atoms with Gasteiger partial charge in [-0.05, 0) is 50.2 Å². The second-order valence-electron chi connectivity index (χ2n) is 6.29. The van der Waals surface area contributed by atoms with Gasteiger partial charge in [-0.1, -0.05) is 6.07 Å². The lowest BCUT2D eigenvalue weighted by Crippen LogP contribution is -2.39. The topological polar surface area (TPSA) is 59.6 Å². The molecule has 0 fully saturated rings. The summed E-state index contributed by atoms with van der Waals surface area (Å²) in [6.07, 6.45) is -4.47. The normalized spacial score (nSPS) is 13.5. The van der Waals surface area contributed by atoms with Gasteiger partial charge in [-0.3, -0.25) is 10.1 Å². The summed E-state index contributed by atoms with van der Waals surface area (Å²) >= 11 is 0. The number of carbonyl (C=O) groups is 1. The van der Waals surface area contributed by atoms with Crippen LogP contribution in [0, 0.1) is 0 Å². The molecule has 2 aromatic carbocycles. The van der Waals surface area contributed by atoms with E-state index < -0.39 is 23.7 Å². The molecule has 0 aromatic heterocycles. The van der Waals surface area contributed by atoms with Gasteiger partial charge in [0.25, 0.3) is 0 Å². The van der Waals surface area contributed by atoms with Crippen LogP contribution < -0.4 is 20.1 Å². The number of hydrogen-bond acceptors (Lipinski definition) is 4. The lowest BCUT2D eigenvalue weighted by molar-refractivity contribution is -0.137. The monoisotopic (exact) mass is 396 g/mol. The Labute approximate surface area is 161 Å². The zero-order valence-corrected chi connectivity index (χ0v) is 16.1. The molecule has 0 aliphatic carbocycles. The molecule has 2 rings (SSSR count). The molecule has 5 nitrogen and oxygen atoms in total. The lowest BCUT2D eigenvalue weighted by Gasteiger charge is -2.22. The Bertz CT molecular complexity index is 825. The summed E-state index contributed by atoms with van der Waals surface area (Å²) in [5.74, 6) is 0.824. The summed E-state index contributed by atoms with van der Waals surface area (Å²) in [7, 11) is 3.09. The van der Waals surface area contributed by atoms with E-state index >= 15 is 0 Å². The number of benzene rings is 2. The SMILES string of the molecule is COc1ccc(OC)c(C(C)NC(C)C(=O)Nc2cccc(C(F)(F)F)c2)c1. The lowest BCUT2D eigenvalue weighted by atomic mass is 10.1. The summed E-state index contributed by atoms with van der Waals surface area (Å²) in [6, 6.07) is 8.90. The molecule has 8 heteroatoms. The van der Waals surface area contributed by atoms with Crippen LogP contribution >= 0.6 is 0 Å². The van der Waals surface area contributed by atoms with Gasteiger partial charge < -0.3 is 14.8 Å². The fourth-order valence-electron chi connectivity index (χ4n) is 2.74. The Balaban J connectivity index is 2.08. The molecule has 0 spiro atoms. The maximum atomic E-state index is 12.8. The number of hydrogen-bond donors (Lipinski definition) is 2. The van der Waals surface area contributed by atoms with E-state index in [0.717, 1.165) is 17.7 Å². The highest BCUT2D eigenvalue weighted by Gasteiger charge is 2.30. The third-order valence-electron chi connectivity index (χ3n) is 4.25. The average Bonchev–Trinajstić information content (AvgIpc) is 2.66. The molecule has 2 aromatic rings. The molecular weight excluding hydrogens is 373 g/mol. The molecule has 2 atom stereocenters. The first kappa shape index (κ1) is 21.6. The molecule has 0 radical (unpaired) electrons. The van der Waals surface area contributed by atoms with Crippen molar-refractivity contribution in [1.29, 1.82) is 0 Å². The fourth-order valence-corrected chi connectivity index (χ4v) is 2.74. The number of anilines is 1. The molecule has 28 heavy (non-hydrogen) atoms. The van der Waals surface area contributed by atoms with Crippen LogP contribution in [0.3, 0.4) is 0 Å².